The molecule has 2 aromatic rings. The smallest absolute Gasteiger partial charge is 0.187 e. The lowest BCUT2D eigenvalue weighted by Crippen LogP contribution is -2.31. The molecule has 94 valence electrons. The number of ketones is 1. The van der Waals surface area contributed by atoms with Gasteiger partial charge in [-0.3, -0.25) is 4.79 Å². The fraction of sp³-hybridized carbons (Fsp3) is 0.308. The van der Waals surface area contributed by atoms with E-state index in [0.717, 1.165) is 5.69 Å². The number of nitrogens with two attached hydrogens (primary N) is 1. The summed E-state index contributed by atoms with van der Waals surface area (Å²) in [4.78, 5) is 12.3. The molecule has 0 aliphatic rings. The fourth-order valence-corrected chi connectivity index (χ4v) is 1.63. The fourth-order valence-electron chi connectivity index (χ4n) is 1.63. The molecule has 5 nitrogen and oxygen atoms in total. The van der Waals surface area contributed by atoms with Crippen LogP contribution in [0.2, 0.25) is 0 Å². The minimum absolute atomic E-state index is 0.0427. The monoisotopic (exact) mass is 244 g/mol. The van der Waals surface area contributed by atoms with Crippen LogP contribution in [0.25, 0.3) is 5.69 Å². The highest BCUT2D eigenvalue weighted by molar-refractivity contribution is 5.96. The molecule has 0 radical (unpaired) electrons. The van der Waals surface area contributed by atoms with Crippen molar-refractivity contribution in [3.05, 3.63) is 42.2 Å². The van der Waals surface area contributed by atoms with Gasteiger partial charge in [-0.25, -0.2) is 4.68 Å². The molecule has 0 spiro atoms. The number of benzene rings is 1. The third kappa shape index (κ3) is 2.31. The predicted octanol–water partition coefficient (Wildman–Crippen LogP) is 1.43. The molecule has 1 heterocycles. The van der Waals surface area contributed by atoms with Crippen molar-refractivity contribution >= 4 is 5.78 Å². The van der Waals surface area contributed by atoms with E-state index in [-0.39, 0.29) is 17.7 Å². The summed E-state index contributed by atoms with van der Waals surface area (Å²) in [5.74, 6) is -0.301. The second kappa shape index (κ2) is 5.10. The first kappa shape index (κ1) is 12.4. The zero-order valence-electron chi connectivity index (χ0n) is 10.4. The summed E-state index contributed by atoms with van der Waals surface area (Å²) in [5, 5.41) is 7.77. The van der Waals surface area contributed by atoms with Gasteiger partial charge in [-0.15, -0.1) is 5.10 Å². The summed E-state index contributed by atoms with van der Waals surface area (Å²) >= 11 is 0. The quantitative estimate of drug-likeness (QED) is 0.826. The predicted molar refractivity (Wildman–Crippen MR) is 68.5 cm³/mol. The van der Waals surface area contributed by atoms with E-state index >= 15 is 0 Å². The lowest BCUT2D eigenvalue weighted by Gasteiger charge is -2.14. The highest BCUT2D eigenvalue weighted by atomic mass is 16.1. The molecule has 0 bridgehead atoms. The van der Waals surface area contributed by atoms with Gasteiger partial charge in [0, 0.05) is 12.0 Å². The molecule has 1 aromatic heterocycles. The highest BCUT2D eigenvalue weighted by Crippen LogP contribution is 2.14. The van der Waals surface area contributed by atoms with Gasteiger partial charge in [-0.2, -0.15) is 0 Å². The molecule has 2 atom stereocenters. The summed E-state index contributed by atoms with van der Waals surface area (Å²) in [6.07, 6.45) is 1.48. The highest BCUT2D eigenvalue weighted by Gasteiger charge is 2.23. The largest absolute Gasteiger partial charge is 0.327 e. The van der Waals surface area contributed by atoms with Crippen LogP contribution < -0.4 is 5.73 Å². The van der Waals surface area contributed by atoms with Crippen LogP contribution in [0.1, 0.15) is 24.3 Å². The molecule has 0 aliphatic carbocycles. The van der Waals surface area contributed by atoms with E-state index in [4.69, 9.17) is 5.73 Å². The van der Waals surface area contributed by atoms with E-state index in [9.17, 15) is 4.79 Å². The summed E-state index contributed by atoms with van der Waals surface area (Å²) in [7, 11) is 0. The van der Waals surface area contributed by atoms with Gasteiger partial charge in [-0.1, -0.05) is 30.3 Å². The molecule has 1 aromatic carbocycles. The summed E-state index contributed by atoms with van der Waals surface area (Å²) in [6, 6.07) is 9.24. The van der Waals surface area contributed by atoms with E-state index in [1.54, 1.807) is 4.68 Å². The second-order valence-corrected chi connectivity index (χ2v) is 4.38. The van der Waals surface area contributed by atoms with Crippen LogP contribution in [0.15, 0.2) is 36.5 Å². The van der Waals surface area contributed by atoms with Gasteiger partial charge in [0.1, 0.15) is 5.69 Å². The lowest BCUT2D eigenvalue weighted by molar-refractivity contribution is 0.0909. The molecule has 0 fully saturated rings. The molecule has 0 saturated heterocycles. The molecule has 2 N–H and O–H groups in total. The lowest BCUT2D eigenvalue weighted by atomic mass is 9.97. The topological polar surface area (TPSA) is 73.8 Å². The third-order valence-electron chi connectivity index (χ3n) is 3.00. The Balaban J connectivity index is 2.37. The number of hydrogen-bond acceptors (Lipinski definition) is 4. The molecule has 5 heteroatoms. The zero-order chi connectivity index (χ0) is 13.1. The van der Waals surface area contributed by atoms with Gasteiger partial charge in [0.05, 0.1) is 11.9 Å². The van der Waals surface area contributed by atoms with Gasteiger partial charge in [0.15, 0.2) is 5.78 Å². The number of rotatable bonds is 4. The van der Waals surface area contributed by atoms with Crippen LogP contribution in [0, 0.1) is 5.92 Å². The normalized spacial score (nSPS) is 14.2. The van der Waals surface area contributed by atoms with Crippen molar-refractivity contribution in [3.8, 4) is 5.69 Å². The summed E-state index contributed by atoms with van der Waals surface area (Å²) in [5.41, 5.74) is 7.04. The molecule has 0 saturated carbocycles. The van der Waals surface area contributed by atoms with Crippen molar-refractivity contribution in [2.24, 2.45) is 11.7 Å². The maximum Gasteiger partial charge on any atom is 0.187 e. The molecule has 0 aliphatic heterocycles. The Morgan fingerprint density at radius 1 is 1.28 bits per heavy atom. The first-order valence-corrected chi connectivity index (χ1v) is 5.87. The molecule has 2 unspecified atom stereocenters. The molecule has 18 heavy (non-hydrogen) atoms. The van der Waals surface area contributed by atoms with Crippen LogP contribution in [-0.4, -0.2) is 26.8 Å². The first-order valence-electron chi connectivity index (χ1n) is 5.87. The number of para-hydroxylation sites is 1. The van der Waals surface area contributed by atoms with E-state index in [0.29, 0.717) is 5.69 Å². The number of hydrogen-bond donors (Lipinski definition) is 1. The Kier molecular flexibility index (Phi) is 3.53. The molecular weight excluding hydrogens is 228 g/mol. The van der Waals surface area contributed by atoms with E-state index in [1.807, 2.05) is 44.2 Å². The summed E-state index contributed by atoms with van der Waals surface area (Å²) in [6.45, 7) is 3.63. The average molecular weight is 244 g/mol. The minimum atomic E-state index is -0.258. The molecular formula is C13H16N4O. The third-order valence-corrected chi connectivity index (χ3v) is 3.00. The van der Waals surface area contributed by atoms with Gasteiger partial charge in [0.2, 0.25) is 0 Å². The van der Waals surface area contributed by atoms with E-state index < -0.39 is 0 Å². The second-order valence-electron chi connectivity index (χ2n) is 4.38. The van der Waals surface area contributed by atoms with Crippen molar-refractivity contribution < 1.29 is 4.79 Å². The van der Waals surface area contributed by atoms with Crippen molar-refractivity contribution in [2.45, 2.75) is 19.9 Å². The summed E-state index contributed by atoms with van der Waals surface area (Å²) < 4.78 is 1.54. The van der Waals surface area contributed by atoms with Crippen molar-refractivity contribution in [1.29, 1.82) is 0 Å². The minimum Gasteiger partial charge on any atom is -0.327 e. The first-order chi connectivity index (χ1) is 8.61. The average Bonchev–Trinajstić information content (AvgIpc) is 2.87. The SMILES string of the molecule is CC(N)C(C)C(=O)c1cnnn1-c1ccccc1. The zero-order valence-corrected chi connectivity index (χ0v) is 10.4. The van der Waals surface area contributed by atoms with Crippen LogP contribution in [0.4, 0.5) is 0 Å². The molecule has 2 rings (SSSR count). The maximum absolute atomic E-state index is 12.3. The number of Topliss-reactive ketones (excluding diaryl/α,β-unsaturated/α-hetero) is 1. The van der Waals surface area contributed by atoms with Gasteiger partial charge in [0.25, 0.3) is 0 Å². The Hall–Kier alpha value is -2.01. The van der Waals surface area contributed by atoms with Crippen molar-refractivity contribution in [1.82, 2.24) is 15.0 Å². The van der Waals surface area contributed by atoms with Crippen LogP contribution >= 0.6 is 0 Å². The van der Waals surface area contributed by atoms with Crippen LogP contribution in [0.5, 0.6) is 0 Å². The van der Waals surface area contributed by atoms with Crippen molar-refractivity contribution in [3.63, 3.8) is 0 Å². The Bertz CT molecular complexity index is 533. The van der Waals surface area contributed by atoms with E-state index in [1.165, 1.54) is 6.20 Å². The number of carbonyl (C=O) groups is 1. The Morgan fingerprint density at radius 3 is 2.56 bits per heavy atom. The Morgan fingerprint density at radius 2 is 1.94 bits per heavy atom. The molecule has 0 amide bonds. The van der Waals surface area contributed by atoms with Crippen LogP contribution in [-0.2, 0) is 0 Å². The van der Waals surface area contributed by atoms with Gasteiger partial charge < -0.3 is 5.73 Å². The van der Waals surface area contributed by atoms with Crippen molar-refractivity contribution in [2.75, 3.05) is 0 Å². The van der Waals surface area contributed by atoms with Gasteiger partial charge >= 0.3 is 0 Å². The standard InChI is InChI=1S/C13H16N4O/c1-9(10(2)14)13(18)12-8-15-16-17(12)11-6-4-3-5-7-11/h3-10H,14H2,1-2H3. The van der Waals surface area contributed by atoms with Gasteiger partial charge in [-0.05, 0) is 19.1 Å². The van der Waals surface area contributed by atoms with E-state index in [2.05, 4.69) is 10.3 Å². The number of nitrogens with zero attached hydrogens (tertiary/aromatic N) is 3. The number of aromatic nitrogens is 3. The van der Waals surface area contributed by atoms with Crippen LogP contribution in [0.3, 0.4) is 0 Å². The Labute approximate surface area is 106 Å². The number of carbonyl (C=O) groups excluding carboxylic acids is 1. The maximum atomic E-state index is 12.3.